The van der Waals surface area contributed by atoms with E-state index in [1.54, 1.807) is 0 Å². The first-order valence-electron chi connectivity index (χ1n) is 13.9. The second-order valence-corrected chi connectivity index (χ2v) is 14.2. The highest BCUT2D eigenvalue weighted by atomic mass is 32.1. The maximum absolute atomic E-state index is 13.6. The summed E-state index contributed by atoms with van der Waals surface area (Å²) in [6, 6.07) is 3.75. The Morgan fingerprint density at radius 2 is 1.69 bits per heavy atom. The Bertz CT molecular complexity index is 1360. The minimum absolute atomic E-state index is 0.312. The zero-order chi connectivity index (χ0) is 27.9. The molecule has 2 N–H and O–H groups in total. The topological polar surface area (TPSA) is 75.6 Å². The lowest BCUT2D eigenvalue weighted by Gasteiger charge is -2.31. The lowest BCUT2D eigenvalue weighted by atomic mass is 9.88. The van der Waals surface area contributed by atoms with Crippen LogP contribution in [-0.2, 0) is 36.1 Å². The van der Waals surface area contributed by atoms with Crippen LogP contribution in [0.4, 0.5) is 9.80 Å². The number of ether oxygens (including phenoxy) is 1. The summed E-state index contributed by atoms with van der Waals surface area (Å²) in [7, 11) is 0. The van der Waals surface area contributed by atoms with Gasteiger partial charge >= 0.3 is 12.0 Å². The average molecular weight is 569 g/mol. The highest BCUT2D eigenvalue weighted by Gasteiger charge is 2.36. The maximum atomic E-state index is 13.6. The molecule has 5 rings (SSSR count). The second kappa shape index (κ2) is 10.7. The number of hydrogen-bond donors (Lipinski definition) is 2. The number of esters is 1. The third-order valence-corrected chi connectivity index (χ3v) is 9.89. The van der Waals surface area contributed by atoms with Gasteiger partial charge in [-0.1, -0.05) is 6.92 Å². The number of nitrogens with zero attached hydrogens (tertiary/aromatic N) is 2. The van der Waals surface area contributed by atoms with Crippen LogP contribution in [0, 0.1) is 0 Å². The molecule has 39 heavy (non-hydrogen) atoms. The first kappa shape index (κ1) is 27.9. The summed E-state index contributed by atoms with van der Waals surface area (Å²) in [5.41, 5.74) is 2.84. The van der Waals surface area contributed by atoms with Crippen LogP contribution in [-0.4, -0.2) is 40.2 Å². The normalized spacial score (nSPS) is 15.9. The number of carbonyl (C=O) groups excluding carboxylic acids is 2. The Balaban J connectivity index is 1.44. The van der Waals surface area contributed by atoms with E-state index in [2.05, 4.69) is 53.3 Å². The van der Waals surface area contributed by atoms with Crippen molar-refractivity contribution in [3.05, 3.63) is 56.5 Å². The van der Waals surface area contributed by atoms with E-state index in [0.29, 0.717) is 10.6 Å². The first-order chi connectivity index (χ1) is 18.5. The number of anilines is 1. The van der Waals surface area contributed by atoms with Crippen LogP contribution in [0.15, 0.2) is 24.5 Å². The molecule has 0 radical (unpaired) electrons. The molecule has 3 aromatic heterocycles. The molecule has 0 aromatic carbocycles. The number of urea groups is 1. The molecule has 0 fully saturated rings. The number of amides is 2. The fourth-order valence-electron chi connectivity index (χ4n) is 5.69. The van der Waals surface area contributed by atoms with Gasteiger partial charge in [0.05, 0.1) is 11.1 Å². The lowest BCUT2D eigenvalue weighted by molar-refractivity contribution is 0.00699. The molecular formula is C30H40N4O3S2. The van der Waals surface area contributed by atoms with Crippen molar-refractivity contribution in [1.82, 2.24) is 14.8 Å². The van der Waals surface area contributed by atoms with Crippen LogP contribution in [0.2, 0.25) is 0 Å². The number of likely N-dealkylation sites (N-methyl/N-ethyl adjacent to an activating group) is 1. The van der Waals surface area contributed by atoms with Crippen LogP contribution >= 0.6 is 22.7 Å². The van der Waals surface area contributed by atoms with E-state index in [1.807, 2.05) is 44.2 Å². The van der Waals surface area contributed by atoms with Gasteiger partial charge in [-0.3, -0.25) is 10.2 Å². The van der Waals surface area contributed by atoms with Crippen molar-refractivity contribution in [3.63, 3.8) is 0 Å². The van der Waals surface area contributed by atoms with E-state index in [0.717, 1.165) is 62.3 Å². The molecule has 0 unspecified atom stereocenters. The summed E-state index contributed by atoms with van der Waals surface area (Å²) in [6.45, 7) is 14.9. The van der Waals surface area contributed by atoms with E-state index in [1.165, 1.54) is 32.2 Å². The van der Waals surface area contributed by atoms with Gasteiger partial charge in [0.2, 0.25) is 0 Å². The number of aromatic nitrogens is 1. The number of carbonyl (C=O) groups is 2. The SMILES string of the molecule is CCN1CCc2c(sc(-n3cccc3)c2C(C)(C)NC(=O)Nc2sc3c(c2C(=O)OC(C)(C)C)CCCC3)C1. The molecule has 0 saturated heterocycles. The number of fused-ring (bicyclic) bond motifs is 2. The number of nitrogens with one attached hydrogen (secondary N) is 2. The molecule has 2 amide bonds. The maximum Gasteiger partial charge on any atom is 0.341 e. The average Bonchev–Trinajstić information content (AvgIpc) is 3.58. The minimum atomic E-state index is -0.634. The molecule has 4 heterocycles. The van der Waals surface area contributed by atoms with Crippen LogP contribution in [0.3, 0.4) is 0 Å². The first-order valence-corrected chi connectivity index (χ1v) is 15.6. The predicted molar refractivity (Wildman–Crippen MR) is 160 cm³/mol. The summed E-state index contributed by atoms with van der Waals surface area (Å²) in [5.74, 6) is -0.362. The molecule has 3 aromatic rings. The van der Waals surface area contributed by atoms with E-state index >= 15 is 0 Å². The summed E-state index contributed by atoms with van der Waals surface area (Å²) >= 11 is 3.33. The Hall–Kier alpha value is -2.62. The molecule has 7 nitrogen and oxygen atoms in total. The van der Waals surface area contributed by atoms with Crippen molar-refractivity contribution < 1.29 is 14.3 Å². The summed E-state index contributed by atoms with van der Waals surface area (Å²) < 4.78 is 7.91. The standard InChI is InChI=1S/C30H40N4O3S2/c1-7-33-17-14-20-22(18-33)39-26(34-15-10-11-16-34)24(20)30(5,6)32-28(36)31-25-23(27(35)37-29(2,3)4)19-12-8-9-13-21(19)38-25/h10-11,15-16H,7-9,12-14,17-18H2,1-6H3,(H2,31,32,36). The van der Waals surface area contributed by atoms with Crippen molar-refractivity contribution in [2.24, 2.45) is 0 Å². The van der Waals surface area contributed by atoms with Gasteiger partial charge < -0.3 is 14.6 Å². The Morgan fingerprint density at radius 3 is 2.38 bits per heavy atom. The smallest absolute Gasteiger partial charge is 0.341 e. The third kappa shape index (κ3) is 5.81. The van der Waals surface area contributed by atoms with Crippen molar-refractivity contribution in [2.75, 3.05) is 18.4 Å². The highest BCUT2D eigenvalue weighted by Crippen LogP contribution is 2.42. The molecule has 0 atom stereocenters. The highest BCUT2D eigenvalue weighted by molar-refractivity contribution is 7.17. The molecule has 0 saturated carbocycles. The third-order valence-electron chi connectivity index (χ3n) is 7.46. The van der Waals surface area contributed by atoms with Crippen molar-refractivity contribution in [1.29, 1.82) is 0 Å². The van der Waals surface area contributed by atoms with E-state index < -0.39 is 11.1 Å². The molecule has 1 aliphatic heterocycles. The van der Waals surface area contributed by atoms with Crippen molar-refractivity contribution in [3.8, 4) is 5.00 Å². The monoisotopic (exact) mass is 568 g/mol. The molecular weight excluding hydrogens is 528 g/mol. The quantitative estimate of drug-likeness (QED) is 0.318. The summed E-state index contributed by atoms with van der Waals surface area (Å²) in [5, 5.41) is 8.05. The summed E-state index contributed by atoms with van der Waals surface area (Å²) in [4.78, 5) is 31.9. The van der Waals surface area contributed by atoms with Gasteiger partial charge in [0.1, 0.15) is 15.6 Å². The van der Waals surface area contributed by atoms with Gasteiger partial charge in [-0.2, -0.15) is 0 Å². The number of thiophene rings is 2. The van der Waals surface area contributed by atoms with Gasteiger partial charge in [0.25, 0.3) is 0 Å². The molecule has 1 aliphatic carbocycles. The number of hydrogen-bond acceptors (Lipinski definition) is 6. The number of rotatable bonds is 6. The van der Waals surface area contributed by atoms with Crippen LogP contribution in [0.5, 0.6) is 0 Å². The van der Waals surface area contributed by atoms with Gasteiger partial charge in [-0.05, 0) is 96.5 Å². The largest absolute Gasteiger partial charge is 0.456 e. The molecule has 9 heteroatoms. The Labute approximate surface area is 239 Å². The van der Waals surface area contributed by atoms with E-state index in [-0.39, 0.29) is 12.0 Å². The second-order valence-electron chi connectivity index (χ2n) is 12.0. The van der Waals surface area contributed by atoms with Gasteiger partial charge in [0.15, 0.2) is 0 Å². The lowest BCUT2D eigenvalue weighted by Crippen LogP contribution is -2.44. The molecule has 2 aliphatic rings. The van der Waals surface area contributed by atoms with Gasteiger partial charge in [-0.15, -0.1) is 22.7 Å². The molecule has 210 valence electrons. The molecule has 0 bridgehead atoms. The van der Waals surface area contributed by atoms with Gasteiger partial charge in [0, 0.05) is 40.8 Å². The number of aryl methyl sites for hydroxylation is 1. The predicted octanol–water partition coefficient (Wildman–Crippen LogP) is 6.87. The van der Waals surface area contributed by atoms with Crippen molar-refractivity contribution >= 4 is 39.7 Å². The minimum Gasteiger partial charge on any atom is -0.456 e. The van der Waals surface area contributed by atoms with Crippen LogP contribution in [0.25, 0.3) is 5.00 Å². The van der Waals surface area contributed by atoms with E-state index in [4.69, 9.17) is 4.74 Å². The fraction of sp³-hybridized carbons (Fsp3) is 0.533. The zero-order valence-electron chi connectivity index (χ0n) is 23.9. The fourth-order valence-corrected chi connectivity index (χ4v) is 8.48. The zero-order valence-corrected chi connectivity index (χ0v) is 25.5. The molecule has 0 spiro atoms. The van der Waals surface area contributed by atoms with Crippen molar-refractivity contribution in [2.45, 2.75) is 91.3 Å². The van der Waals surface area contributed by atoms with Crippen LogP contribution in [0.1, 0.15) is 91.2 Å². The van der Waals surface area contributed by atoms with Gasteiger partial charge in [-0.25, -0.2) is 9.59 Å². The Kier molecular flexibility index (Phi) is 7.70. The summed E-state index contributed by atoms with van der Waals surface area (Å²) in [6.07, 6.45) is 9.00. The van der Waals surface area contributed by atoms with Crippen LogP contribution < -0.4 is 10.6 Å². The Morgan fingerprint density at radius 1 is 0.974 bits per heavy atom. The van der Waals surface area contributed by atoms with E-state index in [9.17, 15) is 9.59 Å².